The molecular weight excluding hydrogens is 405 g/mol. The molecule has 0 unspecified atom stereocenters. The topological polar surface area (TPSA) is 47.4 Å². The van der Waals surface area contributed by atoms with Gasteiger partial charge in [-0.25, -0.2) is 9.37 Å². The Hall–Kier alpha value is -3.67. The summed E-state index contributed by atoms with van der Waals surface area (Å²) in [4.78, 5) is 19.6. The second-order valence-electron chi connectivity index (χ2n) is 7.97. The highest BCUT2D eigenvalue weighted by molar-refractivity contribution is 5.96. The molecule has 1 fully saturated rings. The summed E-state index contributed by atoms with van der Waals surface area (Å²) < 4.78 is 22.0. The lowest BCUT2D eigenvalue weighted by atomic mass is 10.1. The van der Waals surface area contributed by atoms with Crippen molar-refractivity contribution in [2.24, 2.45) is 0 Å². The van der Waals surface area contributed by atoms with E-state index >= 15 is 0 Å². The number of carbonyl (C=O) groups is 1. The first-order chi connectivity index (χ1) is 15.6. The molecule has 2 heterocycles. The van der Waals surface area contributed by atoms with Crippen molar-refractivity contribution in [1.82, 2.24) is 9.55 Å². The molecule has 0 aliphatic carbocycles. The van der Waals surface area contributed by atoms with Gasteiger partial charge in [-0.15, -0.1) is 0 Å². The fraction of sp³-hybridized carbons (Fsp3) is 0.231. The summed E-state index contributed by atoms with van der Waals surface area (Å²) in [5.41, 5.74) is 3.24. The Morgan fingerprint density at radius 1 is 1.03 bits per heavy atom. The lowest BCUT2D eigenvalue weighted by Crippen LogP contribution is -2.24. The van der Waals surface area contributed by atoms with E-state index in [0.717, 1.165) is 28.3 Å². The zero-order valence-electron chi connectivity index (χ0n) is 17.9. The molecule has 4 aromatic rings. The van der Waals surface area contributed by atoms with Crippen LogP contribution < -0.4 is 9.64 Å². The van der Waals surface area contributed by atoms with Crippen molar-refractivity contribution in [3.63, 3.8) is 0 Å². The number of halogens is 1. The van der Waals surface area contributed by atoms with Crippen LogP contribution in [0.4, 0.5) is 10.1 Å². The van der Waals surface area contributed by atoms with E-state index in [-0.39, 0.29) is 17.6 Å². The smallest absolute Gasteiger partial charge is 0.227 e. The molecule has 0 N–H and O–H groups in total. The number of imidazole rings is 1. The monoisotopic (exact) mass is 429 g/mol. The summed E-state index contributed by atoms with van der Waals surface area (Å²) >= 11 is 0. The lowest BCUT2D eigenvalue weighted by Gasteiger charge is -2.18. The van der Waals surface area contributed by atoms with E-state index in [1.54, 1.807) is 17.0 Å². The summed E-state index contributed by atoms with van der Waals surface area (Å²) in [6, 6.07) is 22.2. The highest BCUT2D eigenvalue weighted by atomic mass is 19.1. The summed E-state index contributed by atoms with van der Waals surface area (Å²) in [6.45, 7) is 3.45. The zero-order chi connectivity index (χ0) is 22.1. The Bertz CT molecular complexity index is 1270. The molecule has 0 saturated carbocycles. The van der Waals surface area contributed by atoms with E-state index in [1.165, 1.54) is 6.07 Å². The summed E-state index contributed by atoms with van der Waals surface area (Å²) in [5.74, 6) is 1.34. The van der Waals surface area contributed by atoms with Gasteiger partial charge in [0.25, 0.3) is 0 Å². The fourth-order valence-electron chi connectivity index (χ4n) is 4.39. The van der Waals surface area contributed by atoms with Crippen LogP contribution in [0.25, 0.3) is 11.0 Å². The maximum Gasteiger partial charge on any atom is 0.227 e. The van der Waals surface area contributed by atoms with Gasteiger partial charge >= 0.3 is 0 Å². The quantitative estimate of drug-likeness (QED) is 0.426. The van der Waals surface area contributed by atoms with Crippen LogP contribution in [0.2, 0.25) is 0 Å². The molecule has 1 atom stereocenters. The van der Waals surface area contributed by atoms with Crippen LogP contribution in [0.3, 0.4) is 0 Å². The predicted octanol–water partition coefficient (Wildman–Crippen LogP) is 5.14. The highest BCUT2D eigenvalue weighted by Gasteiger charge is 2.35. The molecule has 5 nitrogen and oxygen atoms in total. The number of hydrogen-bond acceptors (Lipinski definition) is 3. The van der Waals surface area contributed by atoms with Gasteiger partial charge < -0.3 is 14.2 Å². The van der Waals surface area contributed by atoms with Crippen molar-refractivity contribution in [3.05, 3.63) is 90.0 Å². The van der Waals surface area contributed by atoms with Crippen LogP contribution in [0.1, 0.15) is 30.7 Å². The Labute approximate surface area is 186 Å². The normalized spacial score (nSPS) is 16.1. The Morgan fingerprint density at radius 2 is 1.78 bits per heavy atom. The first-order valence-corrected chi connectivity index (χ1v) is 10.9. The Kier molecular flexibility index (Phi) is 5.35. The first kappa shape index (κ1) is 20.2. The lowest BCUT2D eigenvalue weighted by molar-refractivity contribution is -0.117. The standard InChI is InChI=1S/C26H24FN3O2/c1-2-32-21-13-11-20(12-14-21)29-17-19(15-25(29)31)26-28-23-9-5-6-10-24(23)30(26)16-18-7-3-4-8-22(18)27/h3-14,19H,2,15-17H2,1H3/t19-/m1/s1. The zero-order valence-corrected chi connectivity index (χ0v) is 17.9. The van der Waals surface area contributed by atoms with Crippen LogP contribution in [0, 0.1) is 5.82 Å². The van der Waals surface area contributed by atoms with Gasteiger partial charge in [0.05, 0.1) is 24.2 Å². The number of nitrogens with zero attached hydrogens (tertiary/aromatic N) is 3. The molecule has 1 aliphatic rings. The van der Waals surface area contributed by atoms with Gasteiger partial charge in [0.2, 0.25) is 5.91 Å². The molecule has 3 aromatic carbocycles. The van der Waals surface area contributed by atoms with Crippen LogP contribution in [0.5, 0.6) is 5.75 Å². The number of hydrogen-bond donors (Lipinski definition) is 0. The van der Waals surface area contributed by atoms with Crippen molar-refractivity contribution in [3.8, 4) is 5.75 Å². The minimum absolute atomic E-state index is 0.0589. The number of amides is 1. The van der Waals surface area contributed by atoms with E-state index in [4.69, 9.17) is 9.72 Å². The summed E-state index contributed by atoms with van der Waals surface area (Å²) in [6.07, 6.45) is 0.369. The second kappa shape index (κ2) is 8.46. The highest BCUT2D eigenvalue weighted by Crippen LogP contribution is 2.34. The number of fused-ring (bicyclic) bond motifs is 1. The van der Waals surface area contributed by atoms with Gasteiger partial charge in [-0.2, -0.15) is 0 Å². The van der Waals surface area contributed by atoms with Gasteiger partial charge in [-0.1, -0.05) is 30.3 Å². The fourth-order valence-corrected chi connectivity index (χ4v) is 4.39. The minimum atomic E-state index is -0.241. The Morgan fingerprint density at radius 3 is 2.56 bits per heavy atom. The van der Waals surface area contributed by atoms with Crippen LogP contribution in [-0.4, -0.2) is 28.6 Å². The number of carbonyl (C=O) groups excluding carboxylic acids is 1. The molecule has 1 saturated heterocycles. The molecule has 1 aliphatic heterocycles. The maximum atomic E-state index is 14.4. The van der Waals surface area contributed by atoms with Crippen molar-refractivity contribution >= 4 is 22.6 Å². The van der Waals surface area contributed by atoms with Crippen molar-refractivity contribution < 1.29 is 13.9 Å². The molecule has 0 bridgehead atoms. The third kappa shape index (κ3) is 3.73. The third-order valence-corrected chi connectivity index (χ3v) is 5.92. The third-order valence-electron chi connectivity index (χ3n) is 5.92. The second-order valence-corrected chi connectivity index (χ2v) is 7.97. The van der Waals surface area contributed by atoms with Crippen molar-refractivity contribution in [2.75, 3.05) is 18.1 Å². The number of rotatable bonds is 6. The number of benzene rings is 3. The minimum Gasteiger partial charge on any atom is -0.494 e. The average molecular weight is 429 g/mol. The van der Waals surface area contributed by atoms with Gasteiger partial charge in [0.15, 0.2) is 0 Å². The number of anilines is 1. The molecular formula is C26H24FN3O2. The molecule has 1 amide bonds. The number of aromatic nitrogens is 2. The predicted molar refractivity (Wildman–Crippen MR) is 123 cm³/mol. The molecule has 0 spiro atoms. The van der Waals surface area contributed by atoms with E-state index < -0.39 is 0 Å². The molecule has 1 aromatic heterocycles. The van der Waals surface area contributed by atoms with Gasteiger partial charge in [0, 0.05) is 30.1 Å². The molecule has 0 radical (unpaired) electrons. The van der Waals surface area contributed by atoms with Crippen molar-refractivity contribution in [2.45, 2.75) is 25.8 Å². The van der Waals surface area contributed by atoms with E-state index in [1.807, 2.05) is 66.1 Å². The molecule has 162 valence electrons. The number of ether oxygens (including phenoxy) is 1. The van der Waals surface area contributed by atoms with Crippen LogP contribution in [0.15, 0.2) is 72.8 Å². The molecule has 32 heavy (non-hydrogen) atoms. The number of para-hydroxylation sites is 2. The summed E-state index contributed by atoms with van der Waals surface area (Å²) in [7, 11) is 0. The molecule has 5 rings (SSSR count). The summed E-state index contributed by atoms with van der Waals surface area (Å²) in [5, 5.41) is 0. The Balaban J connectivity index is 1.48. The van der Waals surface area contributed by atoms with Crippen LogP contribution in [-0.2, 0) is 11.3 Å². The van der Waals surface area contributed by atoms with E-state index in [2.05, 4.69) is 0 Å². The van der Waals surface area contributed by atoms with Crippen LogP contribution >= 0.6 is 0 Å². The average Bonchev–Trinajstić information content (AvgIpc) is 3.37. The SMILES string of the molecule is CCOc1ccc(N2C[C@H](c3nc4ccccc4n3Cc3ccccc3F)CC2=O)cc1. The van der Waals surface area contributed by atoms with Gasteiger partial charge in [-0.05, 0) is 49.4 Å². The molecule has 6 heteroatoms. The first-order valence-electron chi connectivity index (χ1n) is 10.9. The van der Waals surface area contributed by atoms with E-state index in [9.17, 15) is 9.18 Å². The van der Waals surface area contributed by atoms with Crippen molar-refractivity contribution in [1.29, 1.82) is 0 Å². The van der Waals surface area contributed by atoms with Gasteiger partial charge in [-0.3, -0.25) is 4.79 Å². The van der Waals surface area contributed by atoms with Gasteiger partial charge in [0.1, 0.15) is 17.4 Å². The maximum absolute atomic E-state index is 14.4. The largest absolute Gasteiger partial charge is 0.494 e. The van der Waals surface area contributed by atoms with E-state index in [0.29, 0.717) is 31.7 Å².